The van der Waals surface area contributed by atoms with Crippen LogP contribution < -0.4 is 0 Å². The predicted molar refractivity (Wildman–Crippen MR) is 166 cm³/mol. The van der Waals surface area contributed by atoms with Crippen molar-refractivity contribution in [1.82, 2.24) is 0 Å². The molecule has 233 valence electrons. The summed E-state index contributed by atoms with van der Waals surface area (Å²) >= 11 is 0. The minimum Gasteiger partial charge on any atom is -0.481 e. The standard InChI is InChI=1S/2C16H32O2.BH3.Cu/c2*1-2-3-4-5-6-7-8-9-10-11-12-13-14-15-16(17)18;;/h2*2-15H2,1H3,(H,17,18);1H3;. The van der Waals surface area contributed by atoms with E-state index in [0.717, 1.165) is 25.7 Å². The van der Waals surface area contributed by atoms with Gasteiger partial charge in [-0.2, -0.15) is 0 Å². The van der Waals surface area contributed by atoms with Crippen molar-refractivity contribution in [1.29, 1.82) is 0 Å². The molecule has 0 aliphatic carbocycles. The van der Waals surface area contributed by atoms with Crippen molar-refractivity contribution in [2.75, 3.05) is 0 Å². The average molecular weight is 590 g/mol. The van der Waals surface area contributed by atoms with Gasteiger partial charge >= 0.3 is 11.9 Å². The molecule has 0 fully saturated rings. The number of aliphatic carboxylic acids is 2. The molecule has 0 aromatic carbocycles. The molecule has 2 N–H and O–H groups in total. The summed E-state index contributed by atoms with van der Waals surface area (Å²) in [7, 11) is 0. The van der Waals surface area contributed by atoms with Gasteiger partial charge in [0, 0.05) is 29.9 Å². The van der Waals surface area contributed by atoms with Crippen LogP contribution in [0.1, 0.15) is 194 Å². The monoisotopic (exact) mass is 589 g/mol. The van der Waals surface area contributed by atoms with Gasteiger partial charge in [0.05, 0.1) is 8.41 Å². The first-order valence-electron chi connectivity index (χ1n) is 16.0. The van der Waals surface area contributed by atoms with E-state index in [1.54, 1.807) is 0 Å². The molecule has 0 aliphatic rings. The first-order chi connectivity index (χ1) is 17.5. The van der Waals surface area contributed by atoms with Crippen molar-refractivity contribution in [3.8, 4) is 0 Å². The zero-order chi connectivity index (χ0) is 27.0. The van der Waals surface area contributed by atoms with Crippen LogP contribution in [0.2, 0.25) is 0 Å². The molecule has 0 aromatic heterocycles. The van der Waals surface area contributed by atoms with Crippen LogP contribution in [0.3, 0.4) is 0 Å². The van der Waals surface area contributed by atoms with Crippen LogP contribution >= 0.6 is 0 Å². The second kappa shape index (κ2) is 41.0. The number of carboxylic acid groups (broad SMARTS) is 2. The predicted octanol–water partition coefficient (Wildman–Crippen LogP) is 9.92. The third kappa shape index (κ3) is 48.6. The van der Waals surface area contributed by atoms with E-state index in [4.69, 9.17) is 10.2 Å². The SMILES string of the molecule is B.CCCCCCCCCCCCCCCC(=O)O.CCCCCCCCCCCCCCCC(=O)O.[Cu]. The molecule has 4 nitrogen and oxygen atoms in total. The van der Waals surface area contributed by atoms with Crippen molar-refractivity contribution in [2.45, 2.75) is 194 Å². The quantitative estimate of drug-likeness (QED) is 0.0703. The topological polar surface area (TPSA) is 74.6 Å². The molecular weight excluding hydrogens is 523 g/mol. The van der Waals surface area contributed by atoms with Crippen LogP contribution in [0, 0.1) is 0 Å². The number of carbonyl (C=O) groups is 2. The van der Waals surface area contributed by atoms with E-state index in [0.29, 0.717) is 12.8 Å². The van der Waals surface area contributed by atoms with Gasteiger partial charge in [0.2, 0.25) is 0 Å². The largest absolute Gasteiger partial charge is 0.481 e. The molecular formula is C32H67BCuO4. The zero-order valence-corrected chi connectivity index (χ0v) is 25.8. The summed E-state index contributed by atoms with van der Waals surface area (Å²) in [6, 6.07) is 0. The molecule has 0 rings (SSSR count). The van der Waals surface area contributed by atoms with Crippen LogP contribution in [0.4, 0.5) is 0 Å². The van der Waals surface area contributed by atoms with Crippen LogP contribution in [-0.2, 0) is 26.7 Å². The summed E-state index contributed by atoms with van der Waals surface area (Å²) in [5, 5.41) is 17.0. The van der Waals surface area contributed by atoms with Crippen LogP contribution in [-0.4, -0.2) is 30.6 Å². The van der Waals surface area contributed by atoms with E-state index in [9.17, 15) is 9.59 Å². The van der Waals surface area contributed by atoms with Crippen molar-refractivity contribution in [3.63, 3.8) is 0 Å². The first kappa shape index (κ1) is 44.5. The van der Waals surface area contributed by atoms with Crippen molar-refractivity contribution in [3.05, 3.63) is 0 Å². The van der Waals surface area contributed by atoms with Gasteiger partial charge in [-0.25, -0.2) is 0 Å². The van der Waals surface area contributed by atoms with E-state index >= 15 is 0 Å². The molecule has 0 saturated heterocycles. The zero-order valence-electron chi connectivity index (χ0n) is 24.8. The molecule has 0 spiro atoms. The maximum absolute atomic E-state index is 10.3. The normalized spacial score (nSPS) is 10.2. The van der Waals surface area contributed by atoms with Crippen molar-refractivity contribution >= 4 is 20.4 Å². The van der Waals surface area contributed by atoms with Crippen molar-refractivity contribution in [2.24, 2.45) is 0 Å². The van der Waals surface area contributed by atoms with E-state index in [-0.39, 0.29) is 25.5 Å². The Balaban J connectivity index is -0.000000289. The fraction of sp³-hybridized carbons (Fsp3) is 0.938. The Bertz CT molecular complexity index is 409. The summed E-state index contributed by atoms with van der Waals surface area (Å²) in [6.07, 6.45) is 34.5. The summed E-state index contributed by atoms with van der Waals surface area (Å²) in [4.78, 5) is 20.6. The number of hydrogen-bond donors (Lipinski definition) is 2. The molecule has 0 unspecified atom stereocenters. The molecule has 38 heavy (non-hydrogen) atoms. The minimum atomic E-state index is -0.655. The molecule has 0 heterocycles. The van der Waals surface area contributed by atoms with Gasteiger partial charge in [-0.15, -0.1) is 0 Å². The maximum atomic E-state index is 10.3. The molecule has 0 amide bonds. The van der Waals surface area contributed by atoms with E-state index in [1.807, 2.05) is 0 Å². The van der Waals surface area contributed by atoms with Gasteiger partial charge in [0.25, 0.3) is 0 Å². The summed E-state index contributed by atoms with van der Waals surface area (Å²) in [5.74, 6) is -1.31. The molecule has 0 bridgehead atoms. The Hall–Kier alpha value is -0.476. The Labute approximate surface area is 250 Å². The fourth-order valence-corrected chi connectivity index (χ4v) is 4.59. The van der Waals surface area contributed by atoms with E-state index in [1.165, 1.54) is 141 Å². The summed E-state index contributed by atoms with van der Waals surface area (Å²) < 4.78 is 0. The number of unbranched alkanes of at least 4 members (excludes halogenated alkanes) is 24. The van der Waals surface area contributed by atoms with Crippen molar-refractivity contribution < 1.29 is 36.9 Å². The Morgan fingerprint density at radius 2 is 0.526 bits per heavy atom. The first-order valence-corrected chi connectivity index (χ1v) is 16.0. The molecule has 6 heteroatoms. The van der Waals surface area contributed by atoms with E-state index in [2.05, 4.69) is 13.8 Å². The van der Waals surface area contributed by atoms with Gasteiger partial charge < -0.3 is 10.2 Å². The smallest absolute Gasteiger partial charge is 0.303 e. The number of carboxylic acids is 2. The van der Waals surface area contributed by atoms with Gasteiger partial charge in [0.1, 0.15) is 0 Å². The maximum Gasteiger partial charge on any atom is 0.303 e. The Morgan fingerprint density at radius 1 is 0.368 bits per heavy atom. The fourth-order valence-electron chi connectivity index (χ4n) is 4.59. The number of hydrogen-bond acceptors (Lipinski definition) is 2. The van der Waals surface area contributed by atoms with Crippen LogP contribution in [0.5, 0.6) is 0 Å². The second-order valence-corrected chi connectivity index (χ2v) is 10.8. The van der Waals surface area contributed by atoms with Gasteiger partial charge in [-0.3, -0.25) is 9.59 Å². The number of rotatable bonds is 28. The molecule has 0 aliphatic heterocycles. The summed E-state index contributed by atoms with van der Waals surface area (Å²) in [6.45, 7) is 4.52. The average Bonchev–Trinajstić information content (AvgIpc) is 2.85. The van der Waals surface area contributed by atoms with E-state index < -0.39 is 11.9 Å². The third-order valence-electron chi connectivity index (χ3n) is 6.99. The van der Waals surface area contributed by atoms with Crippen LogP contribution in [0.15, 0.2) is 0 Å². The molecule has 0 aromatic rings. The second-order valence-electron chi connectivity index (χ2n) is 10.8. The van der Waals surface area contributed by atoms with Gasteiger partial charge in [-0.05, 0) is 12.8 Å². The molecule has 1 radical (unpaired) electrons. The molecule has 0 saturated carbocycles. The Kier molecular flexibility index (Phi) is 48.1. The Morgan fingerprint density at radius 3 is 0.684 bits per heavy atom. The van der Waals surface area contributed by atoms with Gasteiger partial charge in [-0.1, -0.05) is 168 Å². The minimum absolute atomic E-state index is 0. The molecule has 0 atom stereocenters. The third-order valence-corrected chi connectivity index (χ3v) is 6.99. The summed E-state index contributed by atoms with van der Waals surface area (Å²) in [5.41, 5.74) is 0. The van der Waals surface area contributed by atoms with Crippen LogP contribution in [0.25, 0.3) is 0 Å². The van der Waals surface area contributed by atoms with Gasteiger partial charge in [0.15, 0.2) is 0 Å².